The molecule has 0 aliphatic rings. The van der Waals surface area contributed by atoms with Crippen LogP contribution in [0.5, 0.6) is 0 Å². The van der Waals surface area contributed by atoms with Crippen LogP contribution >= 0.6 is 0 Å². The molecule has 20 heavy (non-hydrogen) atoms. The fourth-order valence-electron chi connectivity index (χ4n) is 1.30. The Balaban J connectivity index is 0.000000621. The Hall–Kier alpha value is -2.14. The zero-order valence-corrected chi connectivity index (χ0v) is 12.0. The number of benzene rings is 1. The monoisotopic (exact) mass is 278 g/mol. The first-order valence-electron chi connectivity index (χ1n) is 6.41. The second kappa shape index (κ2) is 11.9. The summed E-state index contributed by atoms with van der Waals surface area (Å²) < 4.78 is 0. The van der Waals surface area contributed by atoms with E-state index in [1.165, 1.54) is 0 Å². The van der Waals surface area contributed by atoms with Crippen molar-refractivity contribution in [1.82, 2.24) is 5.32 Å². The van der Waals surface area contributed by atoms with Crippen LogP contribution in [0.3, 0.4) is 0 Å². The van der Waals surface area contributed by atoms with Gasteiger partial charge in [0.25, 0.3) is 0 Å². The zero-order chi connectivity index (χ0) is 15.2. The van der Waals surface area contributed by atoms with Crippen molar-refractivity contribution in [3.63, 3.8) is 0 Å². The van der Waals surface area contributed by atoms with E-state index in [-0.39, 0.29) is 5.88 Å². The molecule has 0 saturated heterocycles. The van der Waals surface area contributed by atoms with Crippen LogP contribution in [0.2, 0.25) is 0 Å². The molecule has 0 atom stereocenters. The summed E-state index contributed by atoms with van der Waals surface area (Å²) in [6.45, 7) is 7.42. The number of aliphatic hydroxyl groups excluding tert-OH is 1. The summed E-state index contributed by atoms with van der Waals surface area (Å²) in [7, 11) is 0. The van der Waals surface area contributed by atoms with E-state index in [9.17, 15) is 4.79 Å². The largest absolute Gasteiger partial charge is 0.396 e. The molecule has 1 aromatic carbocycles. The number of carbonyl (C=O) groups is 1. The number of nitrogens with zero attached hydrogens (tertiary/aromatic N) is 1. The molecule has 110 valence electrons. The average molecular weight is 278 g/mol. The summed E-state index contributed by atoms with van der Waals surface area (Å²) in [4.78, 5) is 15.2. The number of hydrogen-bond acceptors (Lipinski definition) is 4. The molecule has 0 aliphatic heterocycles. The average Bonchev–Trinajstić information content (AvgIpc) is 2.49. The van der Waals surface area contributed by atoms with Gasteiger partial charge in [0.2, 0.25) is 12.3 Å². The fraction of sp³-hybridized carbons (Fsp3) is 0.333. The molecule has 0 spiro atoms. The number of amides is 1. The number of nitrogens with one attached hydrogen (secondary N) is 1. The minimum Gasteiger partial charge on any atom is -0.396 e. The van der Waals surface area contributed by atoms with Crippen LogP contribution in [0.15, 0.2) is 41.4 Å². The molecular formula is C15H22N2O3. The van der Waals surface area contributed by atoms with E-state index in [4.69, 9.17) is 9.94 Å². The molecule has 2 N–H and O–H groups in total. The van der Waals surface area contributed by atoms with Crippen molar-refractivity contribution in [2.24, 2.45) is 5.16 Å². The number of unbranched alkanes of at least 4 members (excludes halogenated alkanes) is 1. The highest BCUT2D eigenvalue weighted by atomic mass is 16.6. The van der Waals surface area contributed by atoms with Crippen molar-refractivity contribution < 1.29 is 14.7 Å². The fourth-order valence-corrected chi connectivity index (χ4v) is 1.30. The van der Waals surface area contributed by atoms with Gasteiger partial charge in [0, 0.05) is 18.9 Å². The minimum absolute atomic E-state index is 0.284. The van der Waals surface area contributed by atoms with Gasteiger partial charge in [0.05, 0.1) is 0 Å². The van der Waals surface area contributed by atoms with Gasteiger partial charge < -0.3 is 9.94 Å². The van der Waals surface area contributed by atoms with Crippen molar-refractivity contribution in [2.45, 2.75) is 26.7 Å². The Labute approximate surface area is 120 Å². The highest BCUT2D eigenvalue weighted by Crippen LogP contribution is 2.16. The highest BCUT2D eigenvalue weighted by Gasteiger charge is 2.05. The lowest BCUT2D eigenvalue weighted by Crippen LogP contribution is -2.13. The first-order valence-corrected chi connectivity index (χ1v) is 6.41. The smallest absolute Gasteiger partial charge is 0.232 e. The third kappa shape index (κ3) is 7.33. The van der Waals surface area contributed by atoms with Crippen LogP contribution in [0.4, 0.5) is 0 Å². The molecule has 1 rings (SSSR count). The quantitative estimate of drug-likeness (QED) is 0.348. The molecule has 0 saturated carbocycles. The molecule has 0 aliphatic carbocycles. The second-order valence-electron chi connectivity index (χ2n) is 3.88. The van der Waals surface area contributed by atoms with Gasteiger partial charge in [-0.1, -0.05) is 48.8 Å². The predicted octanol–water partition coefficient (Wildman–Crippen LogP) is 2.53. The summed E-state index contributed by atoms with van der Waals surface area (Å²) in [6.07, 6.45) is 2.57. The van der Waals surface area contributed by atoms with E-state index in [2.05, 4.69) is 24.1 Å². The molecule has 5 heteroatoms. The SMILES string of the molecule is C=NO/C(NC=O)=C(\C)c1ccccc1.CCCCO. The third-order valence-electron chi connectivity index (χ3n) is 2.40. The molecule has 0 radical (unpaired) electrons. The molecular weight excluding hydrogens is 256 g/mol. The molecule has 0 bridgehead atoms. The van der Waals surface area contributed by atoms with E-state index in [0.29, 0.717) is 13.0 Å². The topological polar surface area (TPSA) is 70.9 Å². The van der Waals surface area contributed by atoms with Gasteiger partial charge in [-0.05, 0) is 18.9 Å². The lowest BCUT2D eigenvalue weighted by atomic mass is 10.1. The van der Waals surface area contributed by atoms with E-state index >= 15 is 0 Å². The third-order valence-corrected chi connectivity index (χ3v) is 2.40. The van der Waals surface area contributed by atoms with Gasteiger partial charge >= 0.3 is 0 Å². The van der Waals surface area contributed by atoms with E-state index in [0.717, 1.165) is 24.0 Å². The number of rotatable bonds is 7. The molecule has 1 amide bonds. The molecule has 5 nitrogen and oxygen atoms in total. The summed E-state index contributed by atoms with van der Waals surface area (Å²) in [5, 5.41) is 13.8. The van der Waals surface area contributed by atoms with Crippen LogP contribution in [-0.4, -0.2) is 24.8 Å². The first-order chi connectivity index (χ1) is 9.71. The zero-order valence-electron chi connectivity index (χ0n) is 12.0. The van der Waals surface area contributed by atoms with Gasteiger partial charge in [-0.15, -0.1) is 0 Å². The number of aliphatic hydroxyl groups is 1. The molecule has 0 unspecified atom stereocenters. The molecule has 0 aromatic heterocycles. The van der Waals surface area contributed by atoms with Crippen LogP contribution < -0.4 is 5.32 Å². The van der Waals surface area contributed by atoms with Crippen molar-refractivity contribution in [3.05, 3.63) is 41.8 Å². The van der Waals surface area contributed by atoms with E-state index < -0.39 is 0 Å². The maximum atomic E-state index is 10.3. The van der Waals surface area contributed by atoms with E-state index in [1.807, 2.05) is 37.3 Å². The van der Waals surface area contributed by atoms with Gasteiger partial charge in [0.1, 0.15) is 0 Å². The molecule has 0 heterocycles. The number of oxime groups is 1. The standard InChI is InChI=1S/C11H12N2O2.C4H10O/c1-9(10-6-4-3-5-7-10)11(13-8-14)15-12-2;1-2-3-4-5/h3-8H,2H2,1H3,(H,13,14);5H,2-4H2,1H3/b11-9+;. The van der Waals surface area contributed by atoms with Crippen LogP contribution in [0.25, 0.3) is 5.57 Å². The van der Waals surface area contributed by atoms with Gasteiger partial charge in [-0.3, -0.25) is 10.1 Å². The highest BCUT2D eigenvalue weighted by molar-refractivity contribution is 5.68. The maximum Gasteiger partial charge on any atom is 0.232 e. The summed E-state index contributed by atoms with van der Waals surface area (Å²) in [5.74, 6) is 0.284. The maximum absolute atomic E-state index is 10.3. The number of allylic oxidation sites excluding steroid dienone is 1. The first kappa shape index (κ1) is 17.9. The van der Waals surface area contributed by atoms with Crippen molar-refractivity contribution in [3.8, 4) is 0 Å². The molecule has 0 fully saturated rings. The lowest BCUT2D eigenvalue weighted by Gasteiger charge is -2.07. The summed E-state index contributed by atoms with van der Waals surface area (Å²) in [6, 6.07) is 9.54. The van der Waals surface area contributed by atoms with Crippen molar-refractivity contribution in [2.75, 3.05) is 6.61 Å². The Bertz CT molecular complexity index is 402. The lowest BCUT2D eigenvalue weighted by molar-refractivity contribution is -0.109. The van der Waals surface area contributed by atoms with Crippen LogP contribution in [0, 0.1) is 0 Å². The van der Waals surface area contributed by atoms with Crippen molar-refractivity contribution in [1.29, 1.82) is 0 Å². The minimum atomic E-state index is 0.284. The number of carbonyl (C=O) groups excluding carboxylic acids is 1. The normalized spacial score (nSPS) is 10.6. The van der Waals surface area contributed by atoms with Crippen LogP contribution in [0.1, 0.15) is 32.3 Å². The second-order valence-corrected chi connectivity index (χ2v) is 3.88. The predicted molar refractivity (Wildman–Crippen MR) is 80.9 cm³/mol. The van der Waals surface area contributed by atoms with Gasteiger partial charge in [-0.2, -0.15) is 0 Å². The Morgan fingerprint density at radius 1 is 1.45 bits per heavy atom. The van der Waals surface area contributed by atoms with Gasteiger partial charge in [-0.25, -0.2) is 0 Å². The Morgan fingerprint density at radius 2 is 2.10 bits per heavy atom. The number of hydrogen-bond donors (Lipinski definition) is 2. The Kier molecular flexibility index (Phi) is 10.6. The van der Waals surface area contributed by atoms with Crippen LogP contribution in [-0.2, 0) is 9.63 Å². The summed E-state index contributed by atoms with van der Waals surface area (Å²) in [5.41, 5.74) is 1.74. The van der Waals surface area contributed by atoms with E-state index in [1.54, 1.807) is 0 Å². The summed E-state index contributed by atoms with van der Waals surface area (Å²) >= 11 is 0. The van der Waals surface area contributed by atoms with Crippen molar-refractivity contribution >= 4 is 18.7 Å². The molecule has 1 aromatic rings. The Morgan fingerprint density at radius 3 is 2.50 bits per heavy atom. The van der Waals surface area contributed by atoms with Gasteiger partial charge in [0.15, 0.2) is 0 Å².